The van der Waals surface area contributed by atoms with E-state index >= 15 is 0 Å². The number of benzene rings is 2. The molecule has 0 aromatic heterocycles. The Morgan fingerprint density at radius 2 is 1.79 bits per heavy atom. The second-order valence-electron chi connectivity index (χ2n) is 6.08. The molecule has 1 heterocycles. The van der Waals surface area contributed by atoms with E-state index in [9.17, 15) is 26.4 Å². The van der Waals surface area contributed by atoms with Crippen molar-refractivity contribution in [3.05, 3.63) is 70.1 Å². The SMILES string of the molecule is NS(=O)(=O)c1ccc(/C=C2\SC(=S)N(Cc3cccc(C(F)(F)F)c3)C2=O)cc1. The predicted molar refractivity (Wildman–Crippen MR) is 108 cm³/mol. The zero-order valence-electron chi connectivity index (χ0n) is 14.5. The van der Waals surface area contributed by atoms with E-state index in [1.807, 2.05) is 0 Å². The Morgan fingerprint density at radius 1 is 1.14 bits per heavy atom. The van der Waals surface area contributed by atoms with E-state index in [0.29, 0.717) is 11.1 Å². The fourth-order valence-corrected chi connectivity index (χ4v) is 4.34. The van der Waals surface area contributed by atoms with Gasteiger partial charge < -0.3 is 0 Å². The highest BCUT2D eigenvalue weighted by Crippen LogP contribution is 2.35. The van der Waals surface area contributed by atoms with E-state index in [1.54, 1.807) is 0 Å². The van der Waals surface area contributed by atoms with Gasteiger partial charge in [0.25, 0.3) is 5.91 Å². The molecule has 0 radical (unpaired) electrons. The van der Waals surface area contributed by atoms with E-state index in [-0.39, 0.29) is 20.7 Å². The largest absolute Gasteiger partial charge is 0.416 e. The lowest BCUT2D eigenvalue weighted by atomic mass is 10.1. The molecule has 1 aliphatic rings. The third-order valence-corrected chi connectivity index (χ3v) is 6.28. The lowest BCUT2D eigenvalue weighted by molar-refractivity contribution is -0.137. The standard InChI is InChI=1S/C18H13F3N2O3S3/c19-18(20,21)13-3-1-2-12(8-13)10-23-16(24)15(28-17(23)27)9-11-4-6-14(7-5-11)29(22,25)26/h1-9H,10H2,(H2,22,25,26)/b15-9-. The molecule has 0 unspecified atom stereocenters. The quantitative estimate of drug-likeness (QED) is 0.558. The van der Waals surface area contributed by atoms with Crippen LogP contribution >= 0.6 is 24.0 Å². The van der Waals surface area contributed by atoms with Crippen molar-refractivity contribution >= 4 is 50.3 Å². The van der Waals surface area contributed by atoms with Crippen LogP contribution in [0.2, 0.25) is 0 Å². The molecule has 0 spiro atoms. The van der Waals surface area contributed by atoms with Crippen LogP contribution < -0.4 is 5.14 Å². The van der Waals surface area contributed by atoms with Crippen LogP contribution in [0.15, 0.2) is 58.3 Å². The van der Waals surface area contributed by atoms with Crippen molar-refractivity contribution in [2.24, 2.45) is 5.14 Å². The maximum atomic E-state index is 12.9. The molecule has 152 valence electrons. The number of rotatable bonds is 4. The summed E-state index contributed by atoms with van der Waals surface area (Å²) in [6, 6.07) is 10.3. The van der Waals surface area contributed by atoms with Gasteiger partial charge in [0.05, 0.1) is 21.9 Å². The molecule has 1 aliphatic heterocycles. The average Bonchev–Trinajstić information content (AvgIpc) is 2.88. The summed E-state index contributed by atoms with van der Waals surface area (Å²) in [7, 11) is -3.83. The van der Waals surface area contributed by atoms with E-state index < -0.39 is 27.7 Å². The summed E-state index contributed by atoms with van der Waals surface area (Å²) < 4.78 is 61.4. The molecule has 3 rings (SSSR count). The highest BCUT2D eigenvalue weighted by atomic mass is 32.2. The number of thiocarbonyl (C=S) groups is 1. The number of thioether (sulfide) groups is 1. The third kappa shape index (κ3) is 5.04. The van der Waals surface area contributed by atoms with E-state index in [1.165, 1.54) is 47.4 Å². The van der Waals surface area contributed by atoms with E-state index in [0.717, 1.165) is 23.9 Å². The molecule has 2 aromatic rings. The molecule has 2 aromatic carbocycles. The molecular formula is C18H13F3N2O3S3. The maximum Gasteiger partial charge on any atom is 0.416 e. The van der Waals surface area contributed by atoms with Gasteiger partial charge in [-0.2, -0.15) is 13.2 Å². The first-order valence-corrected chi connectivity index (χ1v) is 10.8. The molecule has 2 N–H and O–H groups in total. The molecular weight excluding hydrogens is 445 g/mol. The second kappa shape index (κ2) is 7.90. The van der Waals surface area contributed by atoms with Crippen molar-refractivity contribution in [1.82, 2.24) is 4.90 Å². The molecule has 29 heavy (non-hydrogen) atoms. The lowest BCUT2D eigenvalue weighted by Crippen LogP contribution is -2.27. The summed E-state index contributed by atoms with van der Waals surface area (Å²) in [5, 5.41) is 5.04. The van der Waals surface area contributed by atoms with Crippen molar-refractivity contribution in [3.8, 4) is 0 Å². The normalized spacial score (nSPS) is 16.7. The number of carbonyl (C=O) groups excluding carboxylic acids is 1. The fraction of sp³-hybridized carbons (Fsp3) is 0.111. The zero-order chi connectivity index (χ0) is 21.4. The number of primary sulfonamides is 1. The third-order valence-electron chi connectivity index (χ3n) is 3.97. The van der Waals surface area contributed by atoms with Gasteiger partial charge in [0.2, 0.25) is 10.0 Å². The molecule has 0 bridgehead atoms. The first-order valence-electron chi connectivity index (χ1n) is 7.99. The van der Waals surface area contributed by atoms with E-state index in [2.05, 4.69) is 0 Å². The Balaban J connectivity index is 1.80. The Bertz CT molecular complexity index is 1110. The number of nitrogens with zero attached hydrogens (tertiary/aromatic N) is 1. The number of hydrogen-bond donors (Lipinski definition) is 1. The van der Waals surface area contributed by atoms with Crippen LogP contribution in [0, 0.1) is 0 Å². The lowest BCUT2D eigenvalue weighted by Gasteiger charge is -2.15. The first-order chi connectivity index (χ1) is 13.4. The van der Waals surface area contributed by atoms with Gasteiger partial charge in [-0.05, 0) is 41.5 Å². The van der Waals surface area contributed by atoms with Crippen LogP contribution in [0.3, 0.4) is 0 Å². The van der Waals surface area contributed by atoms with Crippen molar-refractivity contribution in [1.29, 1.82) is 0 Å². The number of halogens is 3. The van der Waals surface area contributed by atoms with Crippen LogP contribution in [0.1, 0.15) is 16.7 Å². The van der Waals surface area contributed by atoms with Gasteiger partial charge in [-0.1, -0.05) is 48.2 Å². The van der Waals surface area contributed by atoms with Gasteiger partial charge in [0.15, 0.2) is 0 Å². The number of hydrogen-bond acceptors (Lipinski definition) is 5. The van der Waals surface area contributed by atoms with Crippen LogP contribution in [0.5, 0.6) is 0 Å². The summed E-state index contributed by atoms with van der Waals surface area (Å²) in [4.78, 5) is 14.1. The van der Waals surface area contributed by atoms with Crippen LogP contribution in [0.25, 0.3) is 6.08 Å². The number of alkyl halides is 3. The first kappa shape index (κ1) is 21.5. The minimum atomic E-state index is -4.48. The van der Waals surface area contributed by atoms with E-state index in [4.69, 9.17) is 17.4 Å². The van der Waals surface area contributed by atoms with Crippen molar-refractivity contribution in [3.63, 3.8) is 0 Å². The minimum Gasteiger partial charge on any atom is -0.288 e. The Labute approximate surface area is 174 Å². The molecule has 11 heteroatoms. The molecule has 5 nitrogen and oxygen atoms in total. The Morgan fingerprint density at radius 3 is 2.38 bits per heavy atom. The minimum absolute atomic E-state index is 0.0632. The fourth-order valence-electron chi connectivity index (χ4n) is 2.57. The molecule has 0 aliphatic carbocycles. The second-order valence-corrected chi connectivity index (χ2v) is 9.32. The highest BCUT2D eigenvalue weighted by molar-refractivity contribution is 8.26. The summed E-state index contributed by atoms with van der Waals surface area (Å²) in [6.07, 6.45) is -2.95. The van der Waals surface area contributed by atoms with Crippen LogP contribution in [-0.2, 0) is 27.5 Å². The zero-order valence-corrected chi connectivity index (χ0v) is 17.0. The van der Waals surface area contributed by atoms with Gasteiger partial charge in [-0.15, -0.1) is 0 Å². The van der Waals surface area contributed by atoms with Gasteiger partial charge in [-0.3, -0.25) is 9.69 Å². The topological polar surface area (TPSA) is 80.5 Å². The molecule has 0 atom stereocenters. The van der Waals surface area contributed by atoms with Crippen LogP contribution in [-0.4, -0.2) is 23.5 Å². The number of nitrogens with two attached hydrogens (primary N) is 1. The molecule has 0 saturated carbocycles. The summed E-state index contributed by atoms with van der Waals surface area (Å²) in [5.74, 6) is -0.437. The highest BCUT2D eigenvalue weighted by Gasteiger charge is 2.33. The monoisotopic (exact) mass is 458 g/mol. The van der Waals surface area contributed by atoms with Crippen molar-refractivity contribution in [2.75, 3.05) is 0 Å². The summed E-state index contributed by atoms with van der Waals surface area (Å²) >= 11 is 6.21. The summed E-state index contributed by atoms with van der Waals surface area (Å²) in [6.45, 7) is -0.0870. The Hall–Kier alpha value is -2.21. The summed E-state index contributed by atoms with van der Waals surface area (Å²) in [5.41, 5.74) is 0.0535. The molecule has 1 saturated heterocycles. The molecule has 1 amide bonds. The van der Waals surface area contributed by atoms with Gasteiger partial charge in [0, 0.05) is 0 Å². The van der Waals surface area contributed by atoms with Crippen molar-refractivity contribution < 1.29 is 26.4 Å². The van der Waals surface area contributed by atoms with Gasteiger partial charge in [-0.25, -0.2) is 13.6 Å². The van der Waals surface area contributed by atoms with Gasteiger partial charge >= 0.3 is 6.18 Å². The Kier molecular flexibility index (Phi) is 5.86. The predicted octanol–water partition coefficient (Wildman–Crippen LogP) is 3.75. The maximum absolute atomic E-state index is 12.9. The number of carbonyl (C=O) groups is 1. The van der Waals surface area contributed by atoms with Crippen molar-refractivity contribution in [2.45, 2.75) is 17.6 Å². The van der Waals surface area contributed by atoms with Gasteiger partial charge in [0.1, 0.15) is 4.32 Å². The molecule has 1 fully saturated rings. The number of amides is 1. The smallest absolute Gasteiger partial charge is 0.288 e. The number of sulfonamides is 1. The average molecular weight is 459 g/mol. The van der Waals surface area contributed by atoms with Crippen LogP contribution in [0.4, 0.5) is 13.2 Å².